The number of anilines is 1. The molecule has 0 aliphatic heterocycles. The maximum absolute atomic E-state index is 12.4. The van der Waals surface area contributed by atoms with E-state index in [1.807, 2.05) is 6.07 Å². The van der Waals surface area contributed by atoms with E-state index in [0.717, 1.165) is 31.2 Å². The second-order valence-corrected chi connectivity index (χ2v) is 7.45. The first-order chi connectivity index (χ1) is 13.1. The molecule has 0 aromatic heterocycles. The molecule has 1 aliphatic rings. The first-order valence-corrected chi connectivity index (χ1v) is 9.77. The summed E-state index contributed by atoms with van der Waals surface area (Å²) in [5.41, 5.74) is 2.68. The molecule has 0 bridgehead atoms. The number of benzene rings is 2. The summed E-state index contributed by atoms with van der Waals surface area (Å²) < 4.78 is 0. The van der Waals surface area contributed by atoms with E-state index < -0.39 is 0 Å². The Labute approximate surface area is 161 Å². The van der Waals surface area contributed by atoms with Crippen LogP contribution in [0.25, 0.3) is 0 Å². The standard InChI is InChI=1S/C23H28N2O2/c1-18(26)21-10-12-22(13-11-21)24-23(27)14-15-25(17-20-8-5-9-20)16-19-6-3-2-4-7-19/h2-4,6-7,10-13,20H,5,8-9,14-17H2,1H3,(H,24,27). The molecule has 0 spiro atoms. The Morgan fingerprint density at radius 3 is 2.33 bits per heavy atom. The summed E-state index contributed by atoms with van der Waals surface area (Å²) in [6, 6.07) is 17.5. The zero-order valence-corrected chi connectivity index (χ0v) is 16.0. The fraction of sp³-hybridized carbons (Fsp3) is 0.391. The molecule has 2 aromatic rings. The molecule has 0 unspecified atom stereocenters. The van der Waals surface area contributed by atoms with Gasteiger partial charge in [-0.25, -0.2) is 0 Å². The topological polar surface area (TPSA) is 49.4 Å². The van der Waals surface area contributed by atoms with Crippen molar-refractivity contribution in [3.05, 3.63) is 65.7 Å². The Balaban J connectivity index is 1.52. The third-order valence-corrected chi connectivity index (χ3v) is 5.22. The first kappa shape index (κ1) is 19.3. The molecular weight excluding hydrogens is 336 g/mol. The van der Waals surface area contributed by atoms with Gasteiger partial charge >= 0.3 is 0 Å². The molecule has 3 rings (SSSR count). The second-order valence-electron chi connectivity index (χ2n) is 7.45. The number of nitrogens with zero attached hydrogens (tertiary/aromatic N) is 1. The van der Waals surface area contributed by atoms with E-state index in [-0.39, 0.29) is 11.7 Å². The molecule has 1 aliphatic carbocycles. The van der Waals surface area contributed by atoms with Gasteiger partial charge in [-0.1, -0.05) is 36.8 Å². The summed E-state index contributed by atoms with van der Waals surface area (Å²) in [4.78, 5) is 26.1. The summed E-state index contributed by atoms with van der Waals surface area (Å²) in [5.74, 6) is 0.813. The van der Waals surface area contributed by atoms with Crippen LogP contribution < -0.4 is 5.32 Å². The molecule has 0 radical (unpaired) electrons. The molecule has 0 atom stereocenters. The van der Waals surface area contributed by atoms with E-state index in [1.54, 1.807) is 24.3 Å². The zero-order chi connectivity index (χ0) is 19.1. The fourth-order valence-corrected chi connectivity index (χ4v) is 3.39. The van der Waals surface area contributed by atoms with Gasteiger partial charge in [-0.2, -0.15) is 0 Å². The van der Waals surface area contributed by atoms with Crippen LogP contribution in [0.1, 0.15) is 48.5 Å². The molecule has 0 heterocycles. The van der Waals surface area contributed by atoms with Crippen LogP contribution in [0.15, 0.2) is 54.6 Å². The van der Waals surface area contributed by atoms with Crippen LogP contribution >= 0.6 is 0 Å². The highest BCUT2D eigenvalue weighted by molar-refractivity contribution is 5.95. The van der Waals surface area contributed by atoms with Crippen LogP contribution in [0.4, 0.5) is 5.69 Å². The number of amides is 1. The van der Waals surface area contributed by atoms with Gasteiger partial charge < -0.3 is 5.32 Å². The molecule has 1 N–H and O–H groups in total. The van der Waals surface area contributed by atoms with Crippen LogP contribution in [0, 0.1) is 5.92 Å². The lowest BCUT2D eigenvalue weighted by Gasteiger charge is -2.32. The Morgan fingerprint density at radius 1 is 1.04 bits per heavy atom. The third-order valence-electron chi connectivity index (χ3n) is 5.22. The second kappa shape index (κ2) is 9.47. The molecule has 1 saturated carbocycles. The molecule has 27 heavy (non-hydrogen) atoms. The van der Waals surface area contributed by atoms with E-state index >= 15 is 0 Å². The van der Waals surface area contributed by atoms with Gasteiger partial charge in [-0.15, -0.1) is 0 Å². The Kier molecular flexibility index (Phi) is 6.77. The fourth-order valence-electron chi connectivity index (χ4n) is 3.39. The minimum absolute atomic E-state index is 0.0113. The normalized spacial score (nSPS) is 14.0. The molecule has 2 aromatic carbocycles. The number of hydrogen-bond donors (Lipinski definition) is 1. The number of ketones is 1. The van der Waals surface area contributed by atoms with E-state index in [2.05, 4.69) is 34.5 Å². The Bertz CT molecular complexity index is 752. The Morgan fingerprint density at radius 2 is 1.74 bits per heavy atom. The molecule has 4 nitrogen and oxygen atoms in total. The number of nitrogens with one attached hydrogen (secondary N) is 1. The Hall–Kier alpha value is -2.46. The molecule has 142 valence electrons. The van der Waals surface area contributed by atoms with Gasteiger partial charge in [-0.3, -0.25) is 14.5 Å². The van der Waals surface area contributed by atoms with E-state index in [1.165, 1.54) is 31.7 Å². The van der Waals surface area contributed by atoms with Gasteiger partial charge in [-0.05, 0) is 55.5 Å². The predicted molar refractivity (Wildman–Crippen MR) is 109 cm³/mol. The van der Waals surface area contributed by atoms with Crippen molar-refractivity contribution in [2.24, 2.45) is 5.92 Å². The largest absolute Gasteiger partial charge is 0.326 e. The van der Waals surface area contributed by atoms with Gasteiger partial charge in [0.05, 0.1) is 0 Å². The lowest BCUT2D eigenvalue weighted by molar-refractivity contribution is -0.116. The minimum atomic E-state index is 0.0113. The SMILES string of the molecule is CC(=O)c1ccc(NC(=O)CCN(Cc2ccccc2)CC2CCC2)cc1. The summed E-state index contributed by atoms with van der Waals surface area (Å²) in [7, 11) is 0. The monoisotopic (exact) mass is 364 g/mol. The van der Waals surface area contributed by atoms with Gasteiger partial charge in [0.1, 0.15) is 0 Å². The van der Waals surface area contributed by atoms with E-state index in [4.69, 9.17) is 0 Å². The lowest BCUT2D eigenvalue weighted by Crippen LogP contribution is -2.34. The number of rotatable bonds is 9. The quantitative estimate of drug-likeness (QED) is 0.666. The summed E-state index contributed by atoms with van der Waals surface area (Å²) in [6.45, 7) is 4.24. The van der Waals surface area contributed by atoms with Gasteiger partial charge in [0.2, 0.25) is 5.91 Å². The van der Waals surface area contributed by atoms with Crippen LogP contribution in [0.2, 0.25) is 0 Å². The van der Waals surface area contributed by atoms with Crippen LogP contribution in [-0.2, 0) is 11.3 Å². The molecular formula is C23H28N2O2. The van der Waals surface area contributed by atoms with E-state index in [0.29, 0.717) is 12.0 Å². The van der Waals surface area contributed by atoms with Crippen molar-refractivity contribution in [2.45, 2.75) is 39.2 Å². The van der Waals surface area contributed by atoms with Gasteiger partial charge in [0, 0.05) is 37.3 Å². The van der Waals surface area contributed by atoms with E-state index in [9.17, 15) is 9.59 Å². The summed E-state index contributed by atoms with van der Waals surface area (Å²) in [5, 5.41) is 2.93. The van der Waals surface area contributed by atoms with Crippen molar-refractivity contribution < 1.29 is 9.59 Å². The van der Waals surface area contributed by atoms with Crippen molar-refractivity contribution in [2.75, 3.05) is 18.4 Å². The molecule has 1 fully saturated rings. The van der Waals surface area contributed by atoms with Crippen molar-refractivity contribution in [1.29, 1.82) is 0 Å². The lowest BCUT2D eigenvalue weighted by atomic mass is 9.85. The maximum atomic E-state index is 12.4. The molecule has 0 saturated heterocycles. The predicted octanol–water partition coefficient (Wildman–Crippen LogP) is 4.52. The smallest absolute Gasteiger partial charge is 0.225 e. The summed E-state index contributed by atoms with van der Waals surface area (Å²) in [6.07, 6.45) is 4.41. The van der Waals surface area contributed by atoms with Crippen molar-refractivity contribution >= 4 is 17.4 Å². The maximum Gasteiger partial charge on any atom is 0.225 e. The van der Waals surface area contributed by atoms with Crippen LogP contribution in [-0.4, -0.2) is 29.7 Å². The van der Waals surface area contributed by atoms with Crippen molar-refractivity contribution in [1.82, 2.24) is 4.90 Å². The van der Waals surface area contributed by atoms with Crippen molar-refractivity contribution in [3.63, 3.8) is 0 Å². The van der Waals surface area contributed by atoms with Crippen molar-refractivity contribution in [3.8, 4) is 0 Å². The van der Waals surface area contributed by atoms with Gasteiger partial charge in [0.25, 0.3) is 0 Å². The summed E-state index contributed by atoms with van der Waals surface area (Å²) >= 11 is 0. The average Bonchev–Trinajstić information content (AvgIpc) is 2.63. The molecule has 1 amide bonds. The third kappa shape index (κ3) is 6.04. The highest BCUT2D eigenvalue weighted by Crippen LogP contribution is 2.27. The minimum Gasteiger partial charge on any atom is -0.326 e. The number of carbonyl (C=O) groups is 2. The first-order valence-electron chi connectivity index (χ1n) is 9.77. The number of hydrogen-bond acceptors (Lipinski definition) is 3. The highest BCUT2D eigenvalue weighted by Gasteiger charge is 2.21. The number of Topliss-reactive ketones (excluding diaryl/α,β-unsaturated/α-hetero) is 1. The van der Waals surface area contributed by atoms with Crippen LogP contribution in [0.5, 0.6) is 0 Å². The zero-order valence-electron chi connectivity index (χ0n) is 16.0. The average molecular weight is 364 g/mol. The highest BCUT2D eigenvalue weighted by atomic mass is 16.1. The molecule has 4 heteroatoms. The number of carbonyl (C=O) groups excluding carboxylic acids is 2. The van der Waals surface area contributed by atoms with Gasteiger partial charge in [0.15, 0.2) is 5.78 Å². The van der Waals surface area contributed by atoms with Crippen LogP contribution in [0.3, 0.4) is 0 Å².